The van der Waals surface area contributed by atoms with E-state index < -0.39 is 40.3 Å². The van der Waals surface area contributed by atoms with Crippen molar-refractivity contribution >= 4 is 16.0 Å². The Morgan fingerprint density at radius 2 is 2.11 bits per heavy atom. The maximum Gasteiger partial charge on any atom is 0.402 e. The van der Waals surface area contributed by atoms with Gasteiger partial charge in [-0.25, -0.2) is 13.4 Å². The number of aromatic amines is 1. The van der Waals surface area contributed by atoms with Crippen LogP contribution < -0.4 is 0 Å². The minimum atomic E-state index is -4.85. The van der Waals surface area contributed by atoms with Gasteiger partial charge in [0.05, 0.1) is 6.20 Å². The van der Waals surface area contributed by atoms with Gasteiger partial charge in [-0.2, -0.15) is 17.5 Å². The van der Waals surface area contributed by atoms with Crippen LogP contribution in [0.1, 0.15) is 5.82 Å². The van der Waals surface area contributed by atoms with Crippen LogP contribution in [0, 0.1) is 6.92 Å². The molecule has 0 saturated carbocycles. The fourth-order valence-corrected chi connectivity index (χ4v) is 2.58. The number of carboxylic acids is 1. The second-order valence-electron chi connectivity index (χ2n) is 3.61. The van der Waals surface area contributed by atoms with E-state index in [1.807, 2.05) is 0 Å². The summed E-state index contributed by atoms with van der Waals surface area (Å²) in [6, 6.07) is 0. The highest BCUT2D eigenvalue weighted by Gasteiger charge is 2.38. The van der Waals surface area contributed by atoms with Crippen LogP contribution in [-0.2, 0) is 14.8 Å². The number of rotatable bonds is 5. The molecule has 1 aromatic rings. The third kappa shape index (κ3) is 4.21. The van der Waals surface area contributed by atoms with Crippen molar-refractivity contribution in [2.45, 2.75) is 18.1 Å². The lowest BCUT2D eigenvalue weighted by Gasteiger charge is -2.20. The summed E-state index contributed by atoms with van der Waals surface area (Å²) in [5.41, 5.74) is 0. The number of imidazole rings is 1. The van der Waals surface area contributed by atoms with Gasteiger partial charge in [0.2, 0.25) is 0 Å². The highest BCUT2D eigenvalue weighted by atomic mass is 32.2. The molecule has 1 aromatic heterocycles. The Balaban J connectivity index is 3.12. The van der Waals surface area contributed by atoms with Gasteiger partial charge in [0.1, 0.15) is 18.9 Å². The van der Waals surface area contributed by atoms with Crippen LogP contribution in [0.5, 0.6) is 0 Å². The molecule has 0 spiro atoms. The third-order valence-corrected chi connectivity index (χ3v) is 3.67. The smallest absolute Gasteiger partial charge is 0.402 e. The first-order valence-electron chi connectivity index (χ1n) is 4.82. The predicted octanol–water partition coefficient (Wildman–Crippen LogP) is 0.356. The van der Waals surface area contributed by atoms with Crippen molar-refractivity contribution in [3.63, 3.8) is 0 Å². The summed E-state index contributed by atoms with van der Waals surface area (Å²) in [5, 5.41) is 7.91. The number of H-pyrrole nitrogens is 1. The SMILES string of the molecule is Cc1ncc(S(=O)(=O)N(CC(=O)O)CC(F)(F)F)[nH]1. The molecule has 0 atom stereocenters. The first-order valence-corrected chi connectivity index (χ1v) is 6.26. The van der Waals surface area contributed by atoms with E-state index in [-0.39, 0.29) is 10.1 Å². The molecule has 0 amide bonds. The first kappa shape index (κ1) is 15.4. The molecule has 0 bridgehead atoms. The zero-order valence-corrected chi connectivity index (χ0v) is 10.4. The van der Waals surface area contributed by atoms with Gasteiger partial charge in [0.25, 0.3) is 10.0 Å². The summed E-state index contributed by atoms with van der Waals surface area (Å²) < 4.78 is 60.4. The van der Waals surface area contributed by atoms with Crippen molar-refractivity contribution in [2.75, 3.05) is 13.1 Å². The van der Waals surface area contributed by atoms with Crippen LogP contribution in [0.3, 0.4) is 0 Å². The molecule has 0 fully saturated rings. The van der Waals surface area contributed by atoms with E-state index in [4.69, 9.17) is 5.11 Å². The van der Waals surface area contributed by atoms with Gasteiger partial charge in [-0.05, 0) is 6.92 Å². The maximum absolute atomic E-state index is 12.3. The van der Waals surface area contributed by atoms with E-state index in [0.29, 0.717) is 0 Å². The number of carbonyl (C=O) groups is 1. The highest BCUT2D eigenvalue weighted by Crippen LogP contribution is 2.21. The number of aryl methyl sites for hydroxylation is 1. The molecule has 0 saturated heterocycles. The standard InChI is InChI=1S/C8H10F3N3O4S/c1-5-12-2-6(13-5)19(17,18)14(3-7(15)16)4-8(9,10)11/h2H,3-4H2,1H3,(H,12,13)(H,15,16). The Morgan fingerprint density at radius 1 is 1.53 bits per heavy atom. The minimum Gasteiger partial charge on any atom is -0.480 e. The van der Waals surface area contributed by atoms with Crippen molar-refractivity contribution in [3.05, 3.63) is 12.0 Å². The Hall–Kier alpha value is -1.62. The van der Waals surface area contributed by atoms with E-state index in [9.17, 15) is 26.4 Å². The quantitative estimate of drug-likeness (QED) is 0.817. The van der Waals surface area contributed by atoms with Gasteiger partial charge in [-0.3, -0.25) is 4.79 Å². The average Bonchev–Trinajstić information content (AvgIpc) is 2.61. The van der Waals surface area contributed by atoms with Crippen LogP contribution in [0.4, 0.5) is 13.2 Å². The molecule has 19 heavy (non-hydrogen) atoms. The molecule has 0 radical (unpaired) electrons. The maximum atomic E-state index is 12.3. The number of nitrogens with one attached hydrogen (secondary N) is 1. The fraction of sp³-hybridized carbons (Fsp3) is 0.500. The van der Waals surface area contributed by atoms with Crippen LogP contribution in [-0.4, -0.2) is 53.0 Å². The molecule has 0 aliphatic carbocycles. The summed E-state index contributed by atoms with van der Waals surface area (Å²) >= 11 is 0. The van der Waals surface area contributed by atoms with Gasteiger partial charge in [0, 0.05) is 0 Å². The number of sulfonamides is 1. The number of alkyl halides is 3. The van der Waals surface area contributed by atoms with Crippen LogP contribution in [0.2, 0.25) is 0 Å². The summed E-state index contributed by atoms with van der Waals surface area (Å²) in [6.45, 7) is -1.77. The van der Waals surface area contributed by atoms with E-state index in [1.165, 1.54) is 6.92 Å². The molecule has 0 aliphatic rings. The third-order valence-electron chi connectivity index (χ3n) is 1.96. The molecule has 7 nitrogen and oxygen atoms in total. The summed E-state index contributed by atoms with van der Waals surface area (Å²) in [5.74, 6) is -1.51. The molecular formula is C8H10F3N3O4S. The Bertz CT molecular complexity index is 566. The number of aliphatic carboxylic acids is 1. The molecule has 11 heteroatoms. The fourth-order valence-electron chi connectivity index (χ4n) is 1.25. The van der Waals surface area contributed by atoms with Crippen molar-refractivity contribution in [3.8, 4) is 0 Å². The lowest BCUT2D eigenvalue weighted by atomic mass is 10.6. The molecule has 0 unspecified atom stereocenters. The number of carboxylic acid groups (broad SMARTS) is 1. The number of nitrogens with zero attached hydrogens (tertiary/aromatic N) is 2. The Kier molecular flexibility index (Phi) is 4.20. The number of hydrogen-bond acceptors (Lipinski definition) is 4. The largest absolute Gasteiger partial charge is 0.480 e. The van der Waals surface area contributed by atoms with E-state index in [1.54, 1.807) is 0 Å². The second kappa shape index (κ2) is 5.17. The van der Waals surface area contributed by atoms with Gasteiger partial charge >= 0.3 is 12.1 Å². The Morgan fingerprint density at radius 3 is 2.47 bits per heavy atom. The number of halogens is 3. The van der Waals surface area contributed by atoms with Crippen molar-refractivity contribution in [1.29, 1.82) is 0 Å². The van der Waals surface area contributed by atoms with E-state index in [2.05, 4.69) is 9.97 Å². The zero-order valence-electron chi connectivity index (χ0n) is 9.60. The lowest BCUT2D eigenvalue weighted by molar-refractivity contribution is -0.146. The number of hydrogen-bond donors (Lipinski definition) is 2. The highest BCUT2D eigenvalue weighted by molar-refractivity contribution is 7.89. The minimum absolute atomic E-state index is 0.178. The average molecular weight is 301 g/mol. The second-order valence-corrected chi connectivity index (χ2v) is 5.52. The van der Waals surface area contributed by atoms with E-state index in [0.717, 1.165) is 6.20 Å². The molecule has 1 rings (SSSR count). The zero-order chi connectivity index (χ0) is 14.8. The van der Waals surface area contributed by atoms with Crippen LogP contribution >= 0.6 is 0 Å². The van der Waals surface area contributed by atoms with Crippen molar-refractivity contribution < 1.29 is 31.5 Å². The molecule has 1 heterocycles. The van der Waals surface area contributed by atoms with Gasteiger partial charge < -0.3 is 10.1 Å². The van der Waals surface area contributed by atoms with Gasteiger partial charge in [0.15, 0.2) is 5.03 Å². The van der Waals surface area contributed by atoms with Crippen LogP contribution in [0.15, 0.2) is 11.2 Å². The van der Waals surface area contributed by atoms with Gasteiger partial charge in [-0.15, -0.1) is 0 Å². The van der Waals surface area contributed by atoms with Crippen LogP contribution in [0.25, 0.3) is 0 Å². The summed E-state index contributed by atoms with van der Waals surface area (Å²) in [6.07, 6.45) is -4.02. The number of aromatic nitrogens is 2. The molecule has 0 aromatic carbocycles. The molecule has 108 valence electrons. The normalized spacial score (nSPS) is 12.9. The molecular weight excluding hydrogens is 291 g/mol. The lowest BCUT2D eigenvalue weighted by Crippen LogP contribution is -2.42. The van der Waals surface area contributed by atoms with Crippen molar-refractivity contribution in [1.82, 2.24) is 14.3 Å². The van der Waals surface area contributed by atoms with Crippen molar-refractivity contribution in [2.24, 2.45) is 0 Å². The summed E-state index contributed by atoms with van der Waals surface area (Å²) in [4.78, 5) is 16.3. The molecule has 2 N–H and O–H groups in total. The Labute approximate surface area is 106 Å². The van der Waals surface area contributed by atoms with E-state index >= 15 is 0 Å². The first-order chi connectivity index (χ1) is 8.52. The summed E-state index contributed by atoms with van der Waals surface area (Å²) in [7, 11) is -4.59. The monoisotopic (exact) mass is 301 g/mol. The topological polar surface area (TPSA) is 103 Å². The molecule has 0 aliphatic heterocycles. The van der Waals surface area contributed by atoms with Gasteiger partial charge in [-0.1, -0.05) is 0 Å². The predicted molar refractivity (Wildman–Crippen MR) is 55.8 cm³/mol.